The summed E-state index contributed by atoms with van der Waals surface area (Å²) in [7, 11) is -3.67. The molecule has 2 aromatic carbocycles. The van der Waals surface area contributed by atoms with Gasteiger partial charge in [0.25, 0.3) is 0 Å². The van der Waals surface area contributed by atoms with E-state index >= 15 is 0 Å². The van der Waals surface area contributed by atoms with Gasteiger partial charge in [-0.25, -0.2) is 17.5 Å². The minimum Gasteiger partial charge on any atom is -0.207 e. The molecular formula is C14H13BrFNO2S. The Hall–Kier alpha value is -1.24. The minimum absolute atomic E-state index is 0.0424. The largest absolute Gasteiger partial charge is 0.241 e. The van der Waals surface area contributed by atoms with E-state index in [4.69, 9.17) is 0 Å². The van der Waals surface area contributed by atoms with Crippen LogP contribution in [-0.2, 0) is 10.0 Å². The standard InChI is InChI=1S/C14H13BrFNO2S/c1-10(11-3-2-4-12(15)9-11)17-20(18,19)14-7-5-13(16)6-8-14/h2-10,17H,1H3/t10-/m1/s1. The second-order valence-corrected chi connectivity index (χ2v) is 6.98. The molecule has 0 aromatic heterocycles. The lowest BCUT2D eigenvalue weighted by Gasteiger charge is -2.15. The number of halogens is 2. The van der Waals surface area contributed by atoms with Crippen LogP contribution in [0.4, 0.5) is 4.39 Å². The van der Waals surface area contributed by atoms with Gasteiger partial charge in [-0.05, 0) is 48.9 Å². The fourth-order valence-corrected chi connectivity index (χ4v) is 3.41. The molecule has 2 rings (SSSR count). The Morgan fingerprint density at radius 3 is 2.40 bits per heavy atom. The lowest BCUT2D eigenvalue weighted by Crippen LogP contribution is -2.26. The van der Waals surface area contributed by atoms with Gasteiger partial charge in [0, 0.05) is 10.5 Å². The average molecular weight is 358 g/mol. The summed E-state index contributed by atoms with van der Waals surface area (Å²) in [5.74, 6) is -0.469. The van der Waals surface area contributed by atoms with Crippen LogP contribution < -0.4 is 4.72 Å². The normalized spacial score (nSPS) is 13.2. The van der Waals surface area contributed by atoms with Crippen molar-refractivity contribution in [3.05, 3.63) is 64.4 Å². The molecule has 0 fully saturated rings. The Kier molecular flexibility index (Phi) is 4.57. The van der Waals surface area contributed by atoms with Gasteiger partial charge in [-0.1, -0.05) is 28.1 Å². The minimum atomic E-state index is -3.67. The number of hydrogen-bond acceptors (Lipinski definition) is 2. The molecule has 1 N–H and O–H groups in total. The Balaban J connectivity index is 2.22. The van der Waals surface area contributed by atoms with Crippen LogP contribution in [0.1, 0.15) is 18.5 Å². The predicted octanol–water partition coefficient (Wildman–Crippen LogP) is 3.63. The fraction of sp³-hybridized carbons (Fsp3) is 0.143. The van der Waals surface area contributed by atoms with Crippen LogP contribution in [0.2, 0.25) is 0 Å². The lowest BCUT2D eigenvalue weighted by atomic mass is 10.1. The Morgan fingerprint density at radius 1 is 1.15 bits per heavy atom. The Morgan fingerprint density at radius 2 is 1.80 bits per heavy atom. The van der Waals surface area contributed by atoms with Crippen molar-refractivity contribution in [3.8, 4) is 0 Å². The summed E-state index contributed by atoms with van der Waals surface area (Å²) in [5.41, 5.74) is 0.838. The van der Waals surface area contributed by atoms with Crippen molar-refractivity contribution in [1.82, 2.24) is 4.72 Å². The predicted molar refractivity (Wildman–Crippen MR) is 79.3 cm³/mol. The van der Waals surface area contributed by atoms with Crippen molar-refractivity contribution in [3.63, 3.8) is 0 Å². The van der Waals surface area contributed by atoms with Gasteiger partial charge in [0.2, 0.25) is 10.0 Å². The molecule has 0 unspecified atom stereocenters. The first kappa shape index (κ1) is 15.2. The summed E-state index contributed by atoms with van der Waals surface area (Å²) < 4.78 is 40.6. The van der Waals surface area contributed by atoms with Crippen molar-refractivity contribution < 1.29 is 12.8 Å². The highest BCUT2D eigenvalue weighted by atomic mass is 79.9. The fourth-order valence-electron chi connectivity index (χ4n) is 1.76. The zero-order valence-corrected chi connectivity index (χ0v) is 13.1. The first-order valence-electron chi connectivity index (χ1n) is 5.92. The van der Waals surface area contributed by atoms with E-state index in [0.717, 1.165) is 22.2 Å². The zero-order chi connectivity index (χ0) is 14.8. The molecule has 6 heteroatoms. The number of sulfonamides is 1. The maximum Gasteiger partial charge on any atom is 0.241 e. The van der Waals surface area contributed by atoms with E-state index in [0.29, 0.717) is 0 Å². The number of benzene rings is 2. The van der Waals surface area contributed by atoms with E-state index in [1.165, 1.54) is 12.1 Å². The van der Waals surface area contributed by atoms with Gasteiger partial charge >= 0.3 is 0 Å². The van der Waals surface area contributed by atoms with E-state index in [2.05, 4.69) is 20.7 Å². The third-order valence-corrected chi connectivity index (χ3v) is 4.85. The molecule has 0 saturated carbocycles. The summed E-state index contributed by atoms with van der Waals surface area (Å²) in [6.45, 7) is 1.75. The third kappa shape index (κ3) is 3.65. The van der Waals surface area contributed by atoms with Gasteiger partial charge in [-0.2, -0.15) is 0 Å². The zero-order valence-electron chi connectivity index (χ0n) is 10.7. The molecule has 0 bridgehead atoms. The summed E-state index contributed by atoms with van der Waals surface area (Å²) in [5, 5.41) is 0. The van der Waals surface area contributed by atoms with Gasteiger partial charge in [0.15, 0.2) is 0 Å². The van der Waals surface area contributed by atoms with Gasteiger partial charge in [0.05, 0.1) is 4.90 Å². The van der Waals surface area contributed by atoms with Crippen LogP contribution in [-0.4, -0.2) is 8.42 Å². The summed E-state index contributed by atoms with van der Waals surface area (Å²) >= 11 is 3.34. The van der Waals surface area contributed by atoms with Gasteiger partial charge < -0.3 is 0 Å². The van der Waals surface area contributed by atoms with Crippen LogP contribution in [0.25, 0.3) is 0 Å². The van der Waals surface area contributed by atoms with E-state index in [1.807, 2.05) is 24.3 Å². The molecule has 0 radical (unpaired) electrons. The van der Waals surface area contributed by atoms with E-state index in [9.17, 15) is 12.8 Å². The molecule has 0 aliphatic carbocycles. The summed E-state index contributed by atoms with van der Waals surface area (Å²) in [4.78, 5) is 0.0424. The molecule has 2 aromatic rings. The number of nitrogens with one attached hydrogen (secondary N) is 1. The average Bonchev–Trinajstić information content (AvgIpc) is 2.38. The van der Waals surface area contributed by atoms with E-state index in [-0.39, 0.29) is 10.9 Å². The van der Waals surface area contributed by atoms with Gasteiger partial charge in [-0.15, -0.1) is 0 Å². The second kappa shape index (κ2) is 6.03. The highest BCUT2D eigenvalue weighted by Gasteiger charge is 2.18. The Bertz CT molecular complexity index is 701. The van der Waals surface area contributed by atoms with Gasteiger partial charge in [-0.3, -0.25) is 0 Å². The molecule has 20 heavy (non-hydrogen) atoms. The second-order valence-electron chi connectivity index (χ2n) is 4.35. The molecule has 0 saturated heterocycles. The molecule has 0 aliphatic rings. The van der Waals surface area contributed by atoms with E-state index < -0.39 is 15.8 Å². The van der Waals surface area contributed by atoms with E-state index in [1.54, 1.807) is 6.92 Å². The van der Waals surface area contributed by atoms with Gasteiger partial charge in [0.1, 0.15) is 5.82 Å². The highest BCUT2D eigenvalue weighted by molar-refractivity contribution is 9.10. The molecule has 0 aliphatic heterocycles. The third-order valence-electron chi connectivity index (χ3n) is 2.80. The molecule has 106 valence electrons. The number of hydrogen-bond donors (Lipinski definition) is 1. The molecular weight excluding hydrogens is 345 g/mol. The Labute approximate surface area is 126 Å². The van der Waals surface area contributed by atoms with Crippen molar-refractivity contribution in [2.45, 2.75) is 17.9 Å². The van der Waals surface area contributed by atoms with Crippen molar-refractivity contribution in [2.75, 3.05) is 0 Å². The summed E-state index contributed by atoms with van der Waals surface area (Å²) in [6, 6.07) is 11.7. The lowest BCUT2D eigenvalue weighted by molar-refractivity contribution is 0.566. The van der Waals surface area contributed by atoms with Crippen molar-refractivity contribution in [1.29, 1.82) is 0 Å². The van der Waals surface area contributed by atoms with Crippen LogP contribution in [0, 0.1) is 5.82 Å². The quantitative estimate of drug-likeness (QED) is 0.907. The molecule has 0 amide bonds. The molecule has 1 atom stereocenters. The first-order valence-corrected chi connectivity index (χ1v) is 8.19. The van der Waals surface area contributed by atoms with Crippen LogP contribution in [0.15, 0.2) is 57.9 Å². The summed E-state index contributed by atoms with van der Waals surface area (Å²) in [6.07, 6.45) is 0. The molecule has 0 spiro atoms. The van der Waals surface area contributed by atoms with Crippen LogP contribution in [0.3, 0.4) is 0 Å². The highest BCUT2D eigenvalue weighted by Crippen LogP contribution is 2.20. The number of rotatable bonds is 4. The van der Waals surface area contributed by atoms with Crippen molar-refractivity contribution >= 4 is 26.0 Å². The maximum atomic E-state index is 12.8. The SMILES string of the molecule is C[C@@H](NS(=O)(=O)c1ccc(F)cc1)c1cccc(Br)c1. The maximum absolute atomic E-state index is 12.8. The molecule has 0 heterocycles. The van der Waals surface area contributed by atoms with Crippen molar-refractivity contribution in [2.24, 2.45) is 0 Å². The monoisotopic (exact) mass is 357 g/mol. The smallest absolute Gasteiger partial charge is 0.207 e. The molecule has 3 nitrogen and oxygen atoms in total. The van der Waals surface area contributed by atoms with Crippen LogP contribution >= 0.6 is 15.9 Å². The topological polar surface area (TPSA) is 46.2 Å². The first-order chi connectivity index (χ1) is 9.38. The van der Waals surface area contributed by atoms with Crippen LogP contribution in [0.5, 0.6) is 0 Å².